The Hall–Kier alpha value is -0.540. The van der Waals surface area contributed by atoms with E-state index >= 15 is 0 Å². The lowest BCUT2D eigenvalue weighted by Gasteiger charge is -2.00. The quantitative estimate of drug-likeness (QED) is 0.758. The molecule has 0 aliphatic carbocycles. The second-order valence-corrected chi connectivity index (χ2v) is 4.06. The number of hydrogen-bond acceptors (Lipinski definition) is 1. The van der Waals surface area contributed by atoms with Crippen LogP contribution in [0.2, 0.25) is 0 Å². The third-order valence-corrected chi connectivity index (χ3v) is 2.50. The lowest BCUT2D eigenvalue weighted by Crippen LogP contribution is -1.97. The number of rotatable bonds is 2. The highest BCUT2D eigenvalue weighted by atomic mass is 79.9. The standard InChI is InChI=1S/C9H8BrClN2/c10-8-5-7-1-3-13(4-2-11)9(7)12-6-8/h1,3,5-6H,2,4H2. The minimum Gasteiger partial charge on any atom is -0.331 e. The van der Waals surface area contributed by atoms with Crippen molar-refractivity contribution in [2.45, 2.75) is 6.54 Å². The molecule has 0 fully saturated rings. The van der Waals surface area contributed by atoms with Gasteiger partial charge in [0.1, 0.15) is 5.65 Å². The van der Waals surface area contributed by atoms with Crippen LogP contribution in [0.15, 0.2) is 29.0 Å². The summed E-state index contributed by atoms with van der Waals surface area (Å²) in [5.41, 5.74) is 0.990. The summed E-state index contributed by atoms with van der Waals surface area (Å²) in [4.78, 5) is 4.32. The fraction of sp³-hybridized carbons (Fsp3) is 0.222. The van der Waals surface area contributed by atoms with Crippen molar-refractivity contribution in [3.05, 3.63) is 29.0 Å². The van der Waals surface area contributed by atoms with E-state index in [2.05, 4.69) is 25.5 Å². The summed E-state index contributed by atoms with van der Waals surface area (Å²) in [7, 11) is 0. The molecule has 0 aliphatic rings. The number of halogens is 2. The van der Waals surface area contributed by atoms with Gasteiger partial charge in [-0.2, -0.15) is 0 Å². The van der Waals surface area contributed by atoms with E-state index in [1.807, 2.05) is 18.3 Å². The molecule has 68 valence electrons. The van der Waals surface area contributed by atoms with Crippen LogP contribution in [0, 0.1) is 0 Å². The number of nitrogens with zero attached hydrogens (tertiary/aromatic N) is 2. The summed E-state index contributed by atoms with van der Waals surface area (Å²) in [5, 5.41) is 1.14. The maximum Gasteiger partial charge on any atom is 0.139 e. The third-order valence-electron chi connectivity index (χ3n) is 1.89. The van der Waals surface area contributed by atoms with E-state index < -0.39 is 0 Å². The predicted molar refractivity (Wildman–Crippen MR) is 58.2 cm³/mol. The summed E-state index contributed by atoms with van der Waals surface area (Å²) in [5.74, 6) is 0.613. The van der Waals surface area contributed by atoms with Gasteiger partial charge >= 0.3 is 0 Å². The predicted octanol–water partition coefficient (Wildman–Crippen LogP) is 3.04. The number of aromatic nitrogens is 2. The zero-order valence-corrected chi connectivity index (χ0v) is 9.22. The first-order chi connectivity index (χ1) is 6.31. The molecular weight excluding hydrogens is 251 g/mol. The third kappa shape index (κ3) is 1.71. The zero-order valence-electron chi connectivity index (χ0n) is 6.87. The van der Waals surface area contributed by atoms with Crippen LogP contribution in [0.4, 0.5) is 0 Å². The highest BCUT2D eigenvalue weighted by Crippen LogP contribution is 2.18. The van der Waals surface area contributed by atoms with Crippen molar-refractivity contribution >= 4 is 38.6 Å². The van der Waals surface area contributed by atoms with E-state index in [0.717, 1.165) is 22.1 Å². The minimum atomic E-state index is 0.613. The monoisotopic (exact) mass is 258 g/mol. The Morgan fingerprint density at radius 2 is 2.38 bits per heavy atom. The van der Waals surface area contributed by atoms with Crippen molar-refractivity contribution < 1.29 is 0 Å². The summed E-state index contributed by atoms with van der Waals surface area (Å²) >= 11 is 9.05. The van der Waals surface area contributed by atoms with Gasteiger partial charge in [0, 0.05) is 34.7 Å². The molecule has 0 amide bonds. The van der Waals surface area contributed by atoms with Crippen molar-refractivity contribution in [1.82, 2.24) is 9.55 Å². The Morgan fingerprint density at radius 1 is 1.54 bits per heavy atom. The number of aryl methyl sites for hydroxylation is 1. The van der Waals surface area contributed by atoms with Crippen molar-refractivity contribution in [2.75, 3.05) is 5.88 Å². The van der Waals surface area contributed by atoms with Crippen molar-refractivity contribution in [3.63, 3.8) is 0 Å². The van der Waals surface area contributed by atoms with Crippen molar-refractivity contribution in [2.24, 2.45) is 0 Å². The largest absolute Gasteiger partial charge is 0.331 e. The average molecular weight is 260 g/mol. The molecule has 2 aromatic rings. The van der Waals surface area contributed by atoms with Crippen LogP contribution in [0.1, 0.15) is 0 Å². The molecule has 0 saturated carbocycles. The molecule has 2 heterocycles. The Kier molecular flexibility index (Phi) is 2.56. The molecular formula is C9H8BrClN2. The number of fused-ring (bicyclic) bond motifs is 1. The van der Waals surface area contributed by atoms with Crippen LogP contribution in [-0.2, 0) is 6.54 Å². The van der Waals surface area contributed by atoms with Crippen molar-refractivity contribution in [1.29, 1.82) is 0 Å². The van der Waals surface area contributed by atoms with Gasteiger partial charge in [-0.15, -0.1) is 11.6 Å². The summed E-state index contributed by atoms with van der Waals surface area (Å²) in [6, 6.07) is 4.09. The van der Waals surface area contributed by atoms with Crippen LogP contribution in [0.25, 0.3) is 11.0 Å². The number of hydrogen-bond donors (Lipinski definition) is 0. The fourth-order valence-corrected chi connectivity index (χ4v) is 1.85. The molecule has 0 aromatic carbocycles. The summed E-state index contributed by atoms with van der Waals surface area (Å²) < 4.78 is 3.05. The highest BCUT2D eigenvalue weighted by molar-refractivity contribution is 9.10. The van der Waals surface area contributed by atoms with Gasteiger partial charge in [0.15, 0.2) is 0 Å². The minimum absolute atomic E-state index is 0.613. The first-order valence-corrected chi connectivity index (χ1v) is 5.30. The van der Waals surface area contributed by atoms with Gasteiger partial charge < -0.3 is 4.57 Å². The number of pyridine rings is 1. The van der Waals surface area contributed by atoms with Gasteiger partial charge in [0.05, 0.1) is 0 Å². The first-order valence-electron chi connectivity index (χ1n) is 3.97. The molecule has 0 bridgehead atoms. The van der Waals surface area contributed by atoms with Gasteiger partial charge in [-0.3, -0.25) is 0 Å². The van der Waals surface area contributed by atoms with Crippen LogP contribution in [0.5, 0.6) is 0 Å². The van der Waals surface area contributed by atoms with Gasteiger partial charge in [-0.05, 0) is 28.1 Å². The summed E-state index contributed by atoms with van der Waals surface area (Å²) in [6.07, 6.45) is 3.81. The highest BCUT2D eigenvalue weighted by Gasteiger charge is 2.01. The van der Waals surface area contributed by atoms with E-state index in [4.69, 9.17) is 11.6 Å². The van der Waals surface area contributed by atoms with Crippen molar-refractivity contribution in [3.8, 4) is 0 Å². The van der Waals surface area contributed by atoms with Crippen LogP contribution < -0.4 is 0 Å². The topological polar surface area (TPSA) is 17.8 Å². The molecule has 4 heteroatoms. The Bertz CT molecular complexity index is 424. The van der Waals surface area contributed by atoms with E-state index in [9.17, 15) is 0 Å². The normalized spacial score (nSPS) is 10.9. The molecule has 13 heavy (non-hydrogen) atoms. The van der Waals surface area contributed by atoms with Gasteiger partial charge in [0.2, 0.25) is 0 Å². The molecule has 0 spiro atoms. The lowest BCUT2D eigenvalue weighted by molar-refractivity contribution is 0.793. The summed E-state index contributed by atoms with van der Waals surface area (Å²) in [6.45, 7) is 0.805. The van der Waals surface area contributed by atoms with Crippen LogP contribution in [0.3, 0.4) is 0 Å². The smallest absolute Gasteiger partial charge is 0.139 e. The van der Waals surface area contributed by atoms with Crippen LogP contribution in [-0.4, -0.2) is 15.4 Å². The molecule has 0 unspecified atom stereocenters. The Morgan fingerprint density at radius 3 is 3.15 bits per heavy atom. The van der Waals surface area contributed by atoms with E-state index in [-0.39, 0.29) is 0 Å². The molecule has 2 aromatic heterocycles. The Labute approximate surface area is 89.7 Å². The first kappa shape index (κ1) is 9.03. The second kappa shape index (κ2) is 3.68. The lowest BCUT2D eigenvalue weighted by atomic mass is 10.3. The fourth-order valence-electron chi connectivity index (χ4n) is 1.32. The molecule has 0 N–H and O–H groups in total. The second-order valence-electron chi connectivity index (χ2n) is 2.76. The maximum atomic E-state index is 5.67. The van der Waals surface area contributed by atoms with Gasteiger partial charge in [-0.1, -0.05) is 0 Å². The van der Waals surface area contributed by atoms with E-state index in [0.29, 0.717) is 5.88 Å². The Balaban J connectivity index is 2.55. The van der Waals surface area contributed by atoms with Gasteiger partial charge in [-0.25, -0.2) is 4.98 Å². The molecule has 2 rings (SSSR count). The zero-order chi connectivity index (χ0) is 9.26. The SMILES string of the molecule is ClCCn1ccc2cc(Br)cnc21. The molecule has 0 radical (unpaired) electrons. The van der Waals surface area contributed by atoms with E-state index in [1.54, 1.807) is 6.20 Å². The molecule has 0 aliphatic heterocycles. The van der Waals surface area contributed by atoms with E-state index in [1.165, 1.54) is 0 Å². The molecule has 2 nitrogen and oxygen atoms in total. The number of alkyl halides is 1. The molecule has 0 saturated heterocycles. The van der Waals surface area contributed by atoms with Gasteiger partial charge in [0.25, 0.3) is 0 Å². The van der Waals surface area contributed by atoms with Crippen LogP contribution >= 0.6 is 27.5 Å². The maximum absolute atomic E-state index is 5.67. The average Bonchev–Trinajstić information content (AvgIpc) is 2.49. The molecule has 0 atom stereocenters.